The molecule has 20 heavy (non-hydrogen) atoms. The Hall–Kier alpha value is -1.10. The van der Waals surface area contributed by atoms with Crippen molar-refractivity contribution in [3.63, 3.8) is 0 Å². The van der Waals surface area contributed by atoms with E-state index in [9.17, 15) is 9.59 Å². The van der Waals surface area contributed by atoms with Crippen LogP contribution in [-0.4, -0.2) is 39.9 Å². The molecule has 116 valence electrons. The van der Waals surface area contributed by atoms with Gasteiger partial charge in [-0.3, -0.25) is 9.59 Å². The minimum absolute atomic E-state index is 0.00437. The van der Waals surface area contributed by atoms with E-state index >= 15 is 0 Å². The molecule has 0 aromatic rings. The van der Waals surface area contributed by atoms with E-state index in [1.54, 1.807) is 4.90 Å². The summed E-state index contributed by atoms with van der Waals surface area (Å²) < 4.78 is 0. The average molecular weight is 283 g/mol. The summed E-state index contributed by atoms with van der Waals surface area (Å²) in [7, 11) is 0. The highest BCUT2D eigenvalue weighted by Crippen LogP contribution is 2.37. The quantitative estimate of drug-likeness (QED) is 0.752. The van der Waals surface area contributed by atoms with Gasteiger partial charge in [0.1, 0.15) is 0 Å². The van der Waals surface area contributed by atoms with Gasteiger partial charge in [0, 0.05) is 23.2 Å². The number of carbonyl (C=O) groups excluding carboxylic acids is 2. The molecule has 5 heteroatoms. The lowest BCUT2D eigenvalue weighted by Crippen LogP contribution is -2.67. The van der Waals surface area contributed by atoms with E-state index in [1.165, 1.54) is 0 Å². The molecule has 0 aromatic carbocycles. The van der Waals surface area contributed by atoms with Gasteiger partial charge in [-0.1, -0.05) is 6.92 Å². The predicted molar refractivity (Wildman–Crippen MR) is 80.1 cm³/mol. The predicted octanol–water partition coefficient (Wildman–Crippen LogP) is 1.41. The Morgan fingerprint density at radius 3 is 2.10 bits per heavy atom. The SMILES string of the molecule is CCC(C)NC(=O)C(=O)N1C(C)(C)CC(N)CC1(C)C. The molecule has 2 amide bonds. The van der Waals surface area contributed by atoms with Crippen LogP contribution >= 0.6 is 0 Å². The molecular formula is C15H29N3O2. The lowest BCUT2D eigenvalue weighted by molar-refractivity contribution is -0.159. The highest BCUT2D eigenvalue weighted by molar-refractivity contribution is 6.35. The lowest BCUT2D eigenvalue weighted by atomic mass is 9.77. The number of carbonyl (C=O) groups is 2. The van der Waals surface area contributed by atoms with E-state index in [1.807, 2.05) is 41.5 Å². The van der Waals surface area contributed by atoms with Crippen molar-refractivity contribution >= 4 is 11.8 Å². The van der Waals surface area contributed by atoms with Gasteiger partial charge < -0.3 is 16.0 Å². The maximum atomic E-state index is 12.6. The summed E-state index contributed by atoms with van der Waals surface area (Å²) >= 11 is 0. The fourth-order valence-corrected chi connectivity index (χ4v) is 3.40. The number of rotatable bonds is 2. The van der Waals surface area contributed by atoms with Crippen molar-refractivity contribution in [2.24, 2.45) is 5.73 Å². The van der Waals surface area contributed by atoms with Crippen molar-refractivity contribution < 1.29 is 9.59 Å². The second kappa shape index (κ2) is 5.72. The van der Waals surface area contributed by atoms with Gasteiger partial charge in [-0.25, -0.2) is 0 Å². The first-order valence-electron chi connectivity index (χ1n) is 7.42. The Balaban J connectivity index is 2.96. The van der Waals surface area contributed by atoms with Gasteiger partial charge in [-0.2, -0.15) is 0 Å². The van der Waals surface area contributed by atoms with Crippen molar-refractivity contribution in [3.8, 4) is 0 Å². The molecule has 0 radical (unpaired) electrons. The minimum atomic E-state index is -0.518. The molecule has 0 saturated carbocycles. The lowest BCUT2D eigenvalue weighted by Gasteiger charge is -2.54. The van der Waals surface area contributed by atoms with Crippen LogP contribution in [0.1, 0.15) is 60.8 Å². The van der Waals surface area contributed by atoms with Gasteiger partial charge in [0.2, 0.25) is 0 Å². The molecule has 1 atom stereocenters. The maximum absolute atomic E-state index is 12.6. The third-order valence-electron chi connectivity index (χ3n) is 4.12. The zero-order chi connectivity index (χ0) is 15.7. The number of nitrogens with zero attached hydrogens (tertiary/aromatic N) is 1. The zero-order valence-electron chi connectivity index (χ0n) is 13.6. The molecule has 3 N–H and O–H groups in total. The number of piperidine rings is 1. The van der Waals surface area contributed by atoms with Gasteiger partial charge >= 0.3 is 11.8 Å². The largest absolute Gasteiger partial charge is 0.345 e. The number of likely N-dealkylation sites (tertiary alicyclic amines) is 1. The van der Waals surface area contributed by atoms with Crippen molar-refractivity contribution in [1.82, 2.24) is 10.2 Å². The molecule has 1 fully saturated rings. The molecule has 1 aliphatic heterocycles. The van der Waals surface area contributed by atoms with Crippen molar-refractivity contribution in [2.75, 3.05) is 0 Å². The Labute approximate surface area is 122 Å². The number of amides is 2. The molecular weight excluding hydrogens is 254 g/mol. The minimum Gasteiger partial charge on any atom is -0.345 e. The van der Waals surface area contributed by atoms with Crippen LogP contribution < -0.4 is 11.1 Å². The fraction of sp³-hybridized carbons (Fsp3) is 0.867. The molecule has 0 spiro atoms. The highest BCUT2D eigenvalue weighted by atomic mass is 16.2. The molecule has 1 rings (SSSR count). The Morgan fingerprint density at radius 1 is 1.25 bits per heavy atom. The number of nitrogens with two attached hydrogens (primary N) is 1. The summed E-state index contributed by atoms with van der Waals surface area (Å²) in [4.78, 5) is 26.4. The van der Waals surface area contributed by atoms with Gasteiger partial charge in [-0.05, 0) is 53.9 Å². The summed E-state index contributed by atoms with van der Waals surface area (Å²) in [5.41, 5.74) is 5.26. The summed E-state index contributed by atoms with van der Waals surface area (Å²) in [6.07, 6.45) is 2.22. The van der Waals surface area contributed by atoms with Gasteiger partial charge in [0.05, 0.1) is 0 Å². The molecule has 0 aliphatic carbocycles. The van der Waals surface area contributed by atoms with Crippen LogP contribution in [0.25, 0.3) is 0 Å². The fourth-order valence-electron chi connectivity index (χ4n) is 3.40. The third kappa shape index (κ3) is 3.51. The van der Waals surface area contributed by atoms with E-state index < -0.39 is 22.9 Å². The molecule has 5 nitrogen and oxygen atoms in total. The number of nitrogens with one attached hydrogen (secondary N) is 1. The normalized spacial score (nSPS) is 23.2. The van der Waals surface area contributed by atoms with Gasteiger partial charge in [0.25, 0.3) is 0 Å². The second-order valence-corrected chi connectivity index (χ2v) is 7.22. The third-order valence-corrected chi connectivity index (χ3v) is 4.12. The summed E-state index contributed by atoms with van der Waals surface area (Å²) in [5.74, 6) is -0.969. The first kappa shape index (κ1) is 17.0. The molecule has 1 unspecified atom stereocenters. The molecule has 0 aromatic heterocycles. The molecule has 1 aliphatic rings. The van der Waals surface area contributed by atoms with E-state index in [-0.39, 0.29) is 12.1 Å². The standard InChI is InChI=1S/C15H29N3O2/c1-7-10(2)17-12(19)13(20)18-14(3,4)8-11(16)9-15(18,5)6/h10-11H,7-9,16H2,1-6H3,(H,17,19). The Bertz CT molecular complexity index is 373. The molecule has 1 heterocycles. The van der Waals surface area contributed by atoms with Crippen LogP contribution in [-0.2, 0) is 9.59 Å². The Kier molecular flexibility index (Phi) is 4.85. The van der Waals surface area contributed by atoms with Gasteiger partial charge in [-0.15, -0.1) is 0 Å². The van der Waals surface area contributed by atoms with E-state index in [0.29, 0.717) is 12.8 Å². The first-order chi connectivity index (χ1) is 9.01. The monoisotopic (exact) mass is 283 g/mol. The summed E-state index contributed by atoms with van der Waals surface area (Å²) in [6.45, 7) is 11.8. The van der Waals surface area contributed by atoms with Crippen molar-refractivity contribution in [2.45, 2.75) is 84.0 Å². The van der Waals surface area contributed by atoms with Crippen molar-refractivity contribution in [3.05, 3.63) is 0 Å². The summed E-state index contributed by atoms with van der Waals surface area (Å²) in [6, 6.07) is 0.0615. The smallest absolute Gasteiger partial charge is 0.312 e. The topological polar surface area (TPSA) is 75.4 Å². The maximum Gasteiger partial charge on any atom is 0.312 e. The van der Waals surface area contributed by atoms with E-state index in [2.05, 4.69) is 5.32 Å². The number of hydrogen-bond acceptors (Lipinski definition) is 3. The van der Waals surface area contributed by atoms with Crippen LogP contribution in [0.3, 0.4) is 0 Å². The van der Waals surface area contributed by atoms with Crippen LogP contribution in [0, 0.1) is 0 Å². The van der Waals surface area contributed by atoms with Crippen molar-refractivity contribution in [1.29, 1.82) is 0 Å². The van der Waals surface area contributed by atoms with E-state index in [4.69, 9.17) is 5.73 Å². The van der Waals surface area contributed by atoms with Crippen LogP contribution in [0.2, 0.25) is 0 Å². The zero-order valence-corrected chi connectivity index (χ0v) is 13.6. The Morgan fingerprint density at radius 2 is 1.70 bits per heavy atom. The first-order valence-corrected chi connectivity index (χ1v) is 7.42. The molecule has 1 saturated heterocycles. The van der Waals surface area contributed by atoms with Crippen LogP contribution in [0.15, 0.2) is 0 Å². The van der Waals surface area contributed by atoms with E-state index in [0.717, 1.165) is 6.42 Å². The van der Waals surface area contributed by atoms with Crippen LogP contribution in [0.4, 0.5) is 0 Å². The number of hydrogen-bond donors (Lipinski definition) is 2. The van der Waals surface area contributed by atoms with Gasteiger partial charge in [0.15, 0.2) is 0 Å². The molecule has 0 bridgehead atoms. The second-order valence-electron chi connectivity index (χ2n) is 7.22. The van der Waals surface area contributed by atoms with Crippen LogP contribution in [0.5, 0.6) is 0 Å². The highest BCUT2D eigenvalue weighted by Gasteiger charge is 2.48. The average Bonchev–Trinajstić information content (AvgIpc) is 2.24. The summed E-state index contributed by atoms with van der Waals surface area (Å²) in [5, 5.41) is 2.75.